The van der Waals surface area contributed by atoms with E-state index in [4.69, 9.17) is 4.74 Å². The van der Waals surface area contributed by atoms with E-state index < -0.39 is 10.0 Å². The Balaban J connectivity index is 2.39. The molecular weight excluding hydrogens is 254 g/mol. The van der Waals surface area contributed by atoms with Crippen LogP contribution in [0.2, 0.25) is 0 Å². The molecule has 1 fully saturated rings. The Morgan fingerprint density at radius 3 is 2.83 bits per heavy atom. The molecule has 0 spiro atoms. The van der Waals surface area contributed by atoms with Crippen molar-refractivity contribution < 1.29 is 18.3 Å². The van der Waals surface area contributed by atoms with Crippen molar-refractivity contribution in [3.63, 3.8) is 0 Å². The van der Waals surface area contributed by atoms with Crippen LogP contribution >= 0.6 is 0 Å². The van der Waals surface area contributed by atoms with Gasteiger partial charge in [0.25, 0.3) is 0 Å². The van der Waals surface area contributed by atoms with Gasteiger partial charge in [-0.25, -0.2) is 8.42 Å². The molecule has 1 unspecified atom stereocenters. The van der Waals surface area contributed by atoms with Crippen LogP contribution in [0.15, 0.2) is 29.2 Å². The largest absolute Gasteiger partial charge is 0.507 e. The molecule has 0 aromatic heterocycles. The van der Waals surface area contributed by atoms with Gasteiger partial charge < -0.3 is 9.84 Å². The first kappa shape index (κ1) is 13.3. The third-order valence-electron chi connectivity index (χ3n) is 3.10. The van der Waals surface area contributed by atoms with E-state index in [1.807, 2.05) is 6.92 Å². The highest BCUT2D eigenvalue weighted by atomic mass is 32.2. The predicted molar refractivity (Wildman–Crippen MR) is 66.9 cm³/mol. The molecule has 0 amide bonds. The van der Waals surface area contributed by atoms with Gasteiger partial charge in [-0.15, -0.1) is 0 Å². The van der Waals surface area contributed by atoms with Gasteiger partial charge in [-0.05, 0) is 18.6 Å². The SMILES string of the molecule is CCC1COCCN1S(=O)(=O)c1ccccc1O. The quantitative estimate of drug-likeness (QED) is 0.896. The molecule has 1 aliphatic rings. The van der Waals surface area contributed by atoms with E-state index in [1.165, 1.54) is 16.4 Å². The maximum absolute atomic E-state index is 12.5. The van der Waals surface area contributed by atoms with Crippen molar-refractivity contribution in [3.05, 3.63) is 24.3 Å². The molecule has 1 aromatic rings. The van der Waals surface area contributed by atoms with Gasteiger partial charge in [0.1, 0.15) is 10.6 Å². The highest BCUT2D eigenvalue weighted by Gasteiger charge is 2.34. The zero-order valence-corrected chi connectivity index (χ0v) is 11.1. The molecule has 1 N–H and O–H groups in total. The van der Waals surface area contributed by atoms with Crippen LogP contribution in [0.3, 0.4) is 0 Å². The van der Waals surface area contributed by atoms with Gasteiger partial charge in [0.15, 0.2) is 0 Å². The maximum Gasteiger partial charge on any atom is 0.247 e. The molecule has 1 atom stereocenters. The minimum absolute atomic E-state index is 0.0367. The van der Waals surface area contributed by atoms with Gasteiger partial charge in [-0.3, -0.25) is 0 Å². The van der Waals surface area contributed by atoms with E-state index in [2.05, 4.69) is 0 Å². The van der Waals surface area contributed by atoms with Crippen molar-refractivity contribution in [2.75, 3.05) is 19.8 Å². The summed E-state index contributed by atoms with van der Waals surface area (Å²) in [5, 5.41) is 9.70. The van der Waals surface area contributed by atoms with Crippen LogP contribution in [0, 0.1) is 0 Å². The lowest BCUT2D eigenvalue weighted by molar-refractivity contribution is 0.0313. The summed E-state index contributed by atoms with van der Waals surface area (Å²) in [6.07, 6.45) is 0.687. The third kappa shape index (κ3) is 2.36. The minimum atomic E-state index is -3.65. The molecule has 0 aliphatic carbocycles. The van der Waals surface area contributed by atoms with Crippen molar-refractivity contribution in [2.45, 2.75) is 24.3 Å². The van der Waals surface area contributed by atoms with Crippen molar-refractivity contribution in [3.8, 4) is 5.75 Å². The molecule has 0 saturated carbocycles. The molecular formula is C12H17NO4S. The normalized spacial score (nSPS) is 21.9. The number of sulfonamides is 1. The van der Waals surface area contributed by atoms with Gasteiger partial charge in [0.2, 0.25) is 10.0 Å². The van der Waals surface area contributed by atoms with Crippen molar-refractivity contribution in [1.29, 1.82) is 0 Å². The molecule has 1 heterocycles. The first-order valence-electron chi connectivity index (χ1n) is 5.95. The van der Waals surface area contributed by atoms with E-state index in [9.17, 15) is 13.5 Å². The topological polar surface area (TPSA) is 66.8 Å². The summed E-state index contributed by atoms with van der Waals surface area (Å²) in [6.45, 7) is 3.05. The molecule has 0 radical (unpaired) electrons. The van der Waals surface area contributed by atoms with Crippen LogP contribution in [0.5, 0.6) is 5.75 Å². The molecule has 5 nitrogen and oxygen atoms in total. The second kappa shape index (κ2) is 5.26. The van der Waals surface area contributed by atoms with E-state index in [-0.39, 0.29) is 16.7 Å². The monoisotopic (exact) mass is 271 g/mol. The summed E-state index contributed by atoms with van der Waals surface area (Å²) in [5.41, 5.74) is 0. The Bertz CT molecular complexity index is 515. The lowest BCUT2D eigenvalue weighted by atomic mass is 10.2. The number of morpholine rings is 1. The van der Waals surface area contributed by atoms with E-state index in [0.29, 0.717) is 26.2 Å². The Hall–Kier alpha value is -1.11. The average molecular weight is 271 g/mol. The number of nitrogens with zero attached hydrogens (tertiary/aromatic N) is 1. The van der Waals surface area contributed by atoms with Gasteiger partial charge in [0, 0.05) is 12.6 Å². The van der Waals surface area contributed by atoms with Crippen LogP contribution in [0.1, 0.15) is 13.3 Å². The number of benzene rings is 1. The Morgan fingerprint density at radius 2 is 2.17 bits per heavy atom. The Kier molecular flexibility index (Phi) is 3.89. The van der Waals surface area contributed by atoms with Gasteiger partial charge in [-0.1, -0.05) is 19.1 Å². The Labute approximate surface area is 107 Å². The third-order valence-corrected chi connectivity index (χ3v) is 5.10. The van der Waals surface area contributed by atoms with Crippen molar-refractivity contribution in [1.82, 2.24) is 4.31 Å². The fourth-order valence-corrected chi connectivity index (χ4v) is 3.83. The average Bonchev–Trinajstić information content (AvgIpc) is 2.39. The number of hydrogen-bond acceptors (Lipinski definition) is 4. The van der Waals surface area contributed by atoms with E-state index in [0.717, 1.165) is 0 Å². The molecule has 18 heavy (non-hydrogen) atoms. The number of ether oxygens (including phenoxy) is 1. The second-order valence-corrected chi connectivity index (χ2v) is 6.08. The summed E-state index contributed by atoms with van der Waals surface area (Å²) < 4.78 is 31.7. The van der Waals surface area contributed by atoms with Crippen LogP contribution in [-0.4, -0.2) is 43.6 Å². The number of para-hydroxylation sites is 1. The molecule has 6 heteroatoms. The van der Waals surface area contributed by atoms with Gasteiger partial charge in [0.05, 0.1) is 13.2 Å². The van der Waals surface area contributed by atoms with Crippen molar-refractivity contribution >= 4 is 10.0 Å². The van der Waals surface area contributed by atoms with Crippen LogP contribution < -0.4 is 0 Å². The van der Waals surface area contributed by atoms with Crippen LogP contribution in [0.4, 0.5) is 0 Å². The molecule has 2 rings (SSSR count). The summed E-state index contributed by atoms with van der Waals surface area (Å²) >= 11 is 0. The van der Waals surface area contributed by atoms with Gasteiger partial charge >= 0.3 is 0 Å². The standard InChI is InChI=1S/C12H17NO4S/c1-2-10-9-17-8-7-13(10)18(15,16)12-6-4-3-5-11(12)14/h3-6,10,14H,2,7-9H2,1H3. The number of phenolic OH excluding ortho intramolecular Hbond substituents is 1. The minimum Gasteiger partial charge on any atom is -0.507 e. The van der Waals surface area contributed by atoms with E-state index in [1.54, 1.807) is 12.1 Å². The zero-order chi connectivity index (χ0) is 13.2. The lowest BCUT2D eigenvalue weighted by Crippen LogP contribution is -2.48. The maximum atomic E-state index is 12.5. The fourth-order valence-electron chi connectivity index (χ4n) is 2.08. The summed E-state index contributed by atoms with van der Waals surface area (Å²) in [6, 6.07) is 5.85. The molecule has 1 saturated heterocycles. The fraction of sp³-hybridized carbons (Fsp3) is 0.500. The molecule has 1 aliphatic heterocycles. The number of hydrogen-bond donors (Lipinski definition) is 1. The smallest absolute Gasteiger partial charge is 0.247 e. The predicted octanol–water partition coefficient (Wildman–Crippen LogP) is 1.19. The van der Waals surface area contributed by atoms with Crippen molar-refractivity contribution in [2.24, 2.45) is 0 Å². The highest BCUT2D eigenvalue weighted by molar-refractivity contribution is 7.89. The molecule has 100 valence electrons. The van der Waals surface area contributed by atoms with Gasteiger partial charge in [-0.2, -0.15) is 4.31 Å². The van der Waals surface area contributed by atoms with E-state index >= 15 is 0 Å². The zero-order valence-electron chi connectivity index (χ0n) is 10.2. The molecule has 0 bridgehead atoms. The van der Waals surface area contributed by atoms with Crippen LogP contribution in [0.25, 0.3) is 0 Å². The summed E-state index contributed by atoms with van der Waals surface area (Å²) in [4.78, 5) is -0.0367. The first-order chi connectivity index (χ1) is 8.57. The Morgan fingerprint density at radius 1 is 1.44 bits per heavy atom. The number of aromatic hydroxyl groups is 1. The first-order valence-corrected chi connectivity index (χ1v) is 7.39. The summed E-state index contributed by atoms with van der Waals surface area (Å²) in [7, 11) is -3.65. The second-order valence-electron chi connectivity index (χ2n) is 4.22. The number of rotatable bonds is 3. The summed E-state index contributed by atoms with van der Waals surface area (Å²) in [5.74, 6) is -0.209. The highest BCUT2D eigenvalue weighted by Crippen LogP contribution is 2.28. The number of phenols is 1. The lowest BCUT2D eigenvalue weighted by Gasteiger charge is -2.34. The van der Waals surface area contributed by atoms with Crippen LogP contribution in [-0.2, 0) is 14.8 Å². The molecule has 1 aromatic carbocycles.